The Labute approximate surface area is 111 Å². The van der Waals surface area contributed by atoms with Gasteiger partial charge in [0.1, 0.15) is 11.4 Å². The average Bonchev–Trinajstić information content (AvgIpc) is 2.58. The number of benzene rings is 1. The molecular weight excluding hydrogens is 247 g/mol. The van der Waals surface area contributed by atoms with Crippen LogP contribution in [0.4, 0.5) is 14.9 Å². The molecule has 1 spiro atoms. The van der Waals surface area contributed by atoms with Crippen molar-refractivity contribution in [2.45, 2.75) is 24.9 Å². The maximum atomic E-state index is 12.9. The Hall–Kier alpha value is -1.62. The molecule has 1 N–H and O–H groups in total. The molecule has 19 heavy (non-hydrogen) atoms. The Morgan fingerprint density at radius 3 is 2.79 bits per heavy atom. The number of halogens is 1. The summed E-state index contributed by atoms with van der Waals surface area (Å²) < 4.78 is 18.5. The van der Waals surface area contributed by atoms with Gasteiger partial charge in [-0.2, -0.15) is 0 Å². The number of amides is 1. The van der Waals surface area contributed by atoms with Gasteiger partial charge >= 0.3 is 6.09 Å². The highest BCUT2D eigenvalue weighted by Crippen LogP contribution is 2.34. The van der Waals surface area contributed by atoms with Gasteiger partial charge in [0.25, 0.3) is 0 Å². The average molecular weight is 264 g/mol. The van der Waals surface area contributed by atoms with E-state index >= 15 is 0 Å². The third kappa shape index (κ3) is 2.42. The van der Waals surface area contributed by atoms with Crippen LogP contribution in [-0.2, 0) is 4.74 Å². The van der Waals surface area contributed by atoms with Crippen LogP contribution in [0.25, 0.3) is 0 Å². The van der Waals surface area contributed by atoms with Crippen LogP contribution < -0.4 is 10.2 Å². The molecule has 5 heteroatoms. The van der Waals surface area contributed by atoms with Gasteiger partial charge in [-0.15, -0.1) is 0 Å². The Balaban J connectivity index is 1.81. The molecule has 0 bridgehead atoms. The van der Waals surface area contributed by atoms with Crippen molar-refractivity contribution in [3.63, 3.8) is 0 Å². The minimum absolute atomic E-state index is 0.301. The number of anilines is 1. The summed E-state index contributed by atoms with van der Waals surface area (Å²) in [5.41, 5.74) is 0.315. The summed E-state index contributed by atoms with van der Waals surface area (Å²) in [7, 11) is 0. The van der Waals surface area contributed by atoms with E-state index in [0.717, 1.165) is 32.4 Å². The maximum Gasteiger partial charge on any atom is 0.415 e. The largest absolute Gasteiger partial charge is 0.441 e. The molecule has 1 aromatic carbocycles. The topological polar surface area (TPSA) is 41.6 Å². The molecule has 2 saturated heterocycles. The van der Waals surface area contributed by atoms with Crippen LogP contribution in [0.15, 0.2) is 24.3 Å². The second-order valence-corrected chi connectivity index (χ2v) is 5.22. The first kappa shape index (κ1) is 12.4. The van der Waals surface area contributed by atoms with Gasteiger partial charge in [0.2, 0.25) is 0 Å². The zero-order chi connectivity index (χ0) is 13.3. The summed E-state index contributed by atoms with van der Waals surface area (Å²) in [6.07, 6.45) is 2.39. The Bertz CT molecular complexity index is 467. The Kier molecular flexibility index (Phi) is 3.14. The van der Waals surface area contributed by atoms with Crippen LogP contribution in [0, 0.1) is 5.82 Å². The number of carbonyl (C=O) groups excluding carboxylic acids is 1. The first-order chi connectivity index (χ1) is 9.19. The van der Waals surface area contributed by atoms with Crippen LogP contribution in [0.2, 0.25) is 0 Å². The molecule has 2 aliphatic rings. The molecule has 2 aliphatic heterocycles. The van der Waals surface area contributed by atoms with Crippen molar-refractivity contribution >= 4 is 11.8 Å². The minimum Gasteiger partial charge on any atom is -0.441 e. The molecule has 0 saturated carbocycles. The highest BCUT2D eigenvalue weighted by atomic mass is 19.1. The van der Waals surface area contributed by atoms with Gasteiger partial charge in [0.05, 0.1) is 6.54 Å². The second-order valence-electron chi connectivity index (χ2n) is 5.22. The fourth-order valence-corrected chi connectivity index (χ4v) is 2.80. The van der Waals surface area contributed by atoms with Crippen LogP contribution in [0.1, 0.15) is 19.3 Å². The molecule has 1 aromatic rings. The lowest BCUT2D eigenvalue weighted by molar-refractivity contribution is 0.0470. The molecule has 1 atom stereocenters. The summed E-state index contributed by atoms with van der Waals surface area (Å²) >= 11 is 0. The van der Waals surface area contributed by atoms with Gasteiger partial charge < -0.3 is 10.1 Å². The fourth-order valence-electron chi connectivity index (χ4n) is 2.80. The lowest BCUT2D eigenvalue weighted by Gasteiger charge is -2.24. The van der Waals surface area contributed by atoms with Crippen LogP contribution in [0.3, 0.4) is 0 Å². The zero-order valence-electron chi connectivity index (χ0n) is 10.7. The third-order valence-corrected chi connectivity index (χ3v) is 3.85. The Morgan fingerprint density at radius 2 is 2.00 bits per heavy atom. The van der Waals surface area contributed by atoms with Crippen molar-refractivity contribution < 1.29 is 13.9 Å². The first-order valence-corrected chi connectivity index (χ1v) is 6.65. The third-order valence-electron chi connectivity index (χ3n) is 3.85. The highest BCUT2D eigenvalue weighted by molar-refractivity contribution is 5.90. The number of nitrogens with one attached hydrogen (secondary N) is 1. The summed E-state index contributed by atoms with van der Waals surface area (Å²) in [5, 5.41) is 3.32. The van der Waals surface area contributed by atoms with Crippen molar-refractivity contribution in [3.8, 4) is 0 Å². The van der Waals surface area contributed by atoms with E-state index in [1.165, 1.54) is 12.1 Å². The van der Waals surface area contributed by atoms with Crippen LogP contribution in [-0.4, -0.2) is 31.3 Å². The van der Waals surface area contributed by atoms with Gasteiger partial charge in [0.15, 0.2) is 0 Å². The maximum absolute atomic E-state index is 12.9. The minimum atomic E-state index is -0.380. The number of hydrogen-bond acceptors (Lipinski definition) is 3. The van der Waals surface area contributed by atoms with E-state index in [2.05, 4.69) is 5.32 Å². The predicted molar refractivity (Wildman–Crippen MR) is 69.7 cm³/mol. The van der Waals surface area contributed by atoms with E-state index in [1.807, 2.05) is 0 Å². The van der Waals surface area contributed by atoms with E-state index < -0.39 is 0 Å². The van der Waals surface area contributed by atoms with E-state index in [1.54, 1.807) is 17.0 Å². The number of rotatable bonds is 1. The lowest BCUT2D eigenvalue weighted by Crippen LogP contribution is -2.35. The van der Waals surface area contributed by atoms with Gasteiger partial charge in [-0.1, -0.05) is 0 Å². The monoisotopic (exact) mass is 264 g/mol. The molecule has 0 radical (unpaired) electrons. The van der Waals surface area contributed by atoms with Crippen molar-refractivity contribution in [2.24, 2.45) is 0 Å². The smallest absolute Gasteiger partial charge is 0.415 e. The van der Waals surface area contributed by atoms with Gasteiger partial charge in [-0.25, -0.2) is 9.18 Å². The molecule has 0 aliphatic carbocycles. The fraction of sp³-hybridized carbons (Fsp3) is 0.500. The molecule has 2 fully saturated rings. The van der Waals surface area contributed by atoms with Crippen molar-refractivity contribution in [1.82, 2.24) is 5.32 Å². The molecule has 2 heterocycles. The van der Waals surface area contributed by atoms with Gasteiger partial charge in [-0.05, 0) is 50.2 Å². The Morgan fingerprint density at radius 1 is 1.21 bits per heavy atom. The van der Waals surface area contributed by atoms with E-state index in [-0.39, 0.29) is 17.5 Å². The summed E-state index contributed by atoms with van der Waals surface area (Å²) in [4.78, 5) is 13.6. The molecule has 3 rings (SSSR count). The quantitative estimate of drug-likeness (QED) is 0.846. The zero-order valence-corrected chi connectivity index (χ0v) is 10.7. The first-order valence-electron chi connectivity index (χ1n) is 6.65. The molecule has 4 nitrogen and oxygen atoms in total. The molecule has 102 valence electrons. The number of hydrogen-bond donors (Lipinski definition) is 1. The molecule has 1 amide bonds. The van der Waals surface area contributed by atoms with E-state index in [4.69, 9.17) is 4.74 Å². The molecular formula is C14H17FN2O2. The molecule has 1 unspecified atom stereocenters. The van der Waals surface area contributed by atoms with Gasteiger partial charge in [0, 0.05) is 12.1 Å². The highest BCUT2D eigenvalue weighted by Gasteiger charge is 2.45. The second kappa shape index (κ2) is 4.81. The normalized spacial score (nSPS) is 27.4. The standard InChI is InChI=1S/C14H17FN2O2/c15-11-2-4-12(5-3-11)17-10-14(19-13(17)18)6-1-8-16-9-7-14/h2-5,16H,1,6-10H2. The summed E-state index contributed by atoms with van der Waals surface area (Å²) in [5.74, 6) is -0.301. The van der Waals surface area contributed by atoms with Gasteiger partial charge in [-0.3, -0.25) is 4.90 Å². The van der Waals surface area contributed by atoms with Crippen molar-refractivity contribution in [3.05, 3.63) is 30.1 Å². The van der Waals surface area contributed by atoms with Crippen LogP contribution in [0.5, 0.6) is 0 Å². The summed E-state index contributed by atoms with van der Waals surface area (Å²) in [6.45, 7) is 2.39. The number of nitrogens with zero attached hydrogens (tertiary/aromatic N) is 1. The SMILES string of the molecule is O=C1OC2(CCCNCC2)CN1c1ccc(F)cc1. The number of carbonyl (C=O) groups is 1. The van der Waals surface area contributed by atoms with E-state index in [0.29, 0.717) is 12.2 Å². The number of ether oxygens (including phenoxy) is 1. The predicted octanol–water partition coefficient (Wildman–Crippen LogP) is 2.29. The van der Waals surface area contributed by atoms with Crippen LogP contribution >= 0.6 is 0 Å². The summed E-state index contributed by atoms with van der Waals surface area (Å²) in [6, 6.07) is 5.96. The lowest BCUT2D eigenvalue weighted by atomic mass is 9.95. The molecule has 0 aromatic heterocycles. The van der Waals surface area contributed by atoms with Crippen molar-refractivity contribution in [2.75, 3.05) is 24.5 Å². The van der Waals surface area contributed by atoms with E-state index in [9.17, 15) is 9.18 Å². The van der Waals surface area contributed by atoms with Crippen molar-refractivity contribution in [1.29, 1.82) is 0 Å².